The molecule has 1 amide bonds. The zero-order valence-electron chi connectivity index (χ0n) is 14.2. The van der Waals surface area contributed by atoms with Crippen LogP contribution < -0.4 is 9.47 Å². The van der Waals surface area contributed by atoms with Gasteiger partial charge in [0.25, 0.3) is 0 Å². The molecule has 2 aliphatic rings. The first-order chi connectivity index (χ1) is 11.3. The van der Waals surface area contributed by atoms with Gasteiger partial charge in [-0.05, 0) is 17.9 Å². The Morgan fingerprint density at radius 3 is 2.75 bits per heavy atom. The number of para-hydroxylation sites is 1. The highest BCUT2D eigenvalue weighted by Gasteiger charge is 2.43. The van der Waals surface area contributed by atoms with Crippen LogP contribution in [0.5, 0.6) is 11.5 Å². The molecule has 6 nitrogen and oxygen atoms in total. The minimum Gasteiger partial charge on any atom is -0.481 e. The van der Waals surface area contributed by atoms with E-state index < -0.39 is 17.9 Å². The van der Waals surface area contributed by atoms with Crippen LogP contribution in [0.2, 0.25) is 0 Å². The van der Waals surface area contributed by atoms with Gasteiger partial charge in [-0.25, -0.2) is 0 Å². The summed E-state index contributed by atoms with van der Waals surface area (Å²) in [6, 6.07) is 4.90. The van der Waals surface area contributed by atoms with Crippen molar-refractivity contribution in [3.8, 4) is 11.5 Å². The molecule has 24 heavy (non-hydrogen) atoms. The number of hydrogen-bond donors (Lipinski definition) is 1. The van der Waals surface area contributed by atoms with Crippen molar-refractivity contribution in [2.45, 2.75) is 39.7 Å². The van der Waals surface area contributed by atoms with Crippen LogP contribution in [0.15, 0.2) is 18.2 Å². The lowest BCUT2D eigenvalue weighted by Gasteiger charge is -2.42. The molecular formula is C18H23NO5. The quantitative estimate of drug-likeness (QED) is 0.920. The number of piperidine rings is 1. The Morgan fingerprint density at radius 2 is 2.08 bits per heavy atom. The number of ether oxygens (including phenoxy) is 2. The molecule has 0 bridgehead atoms. The number of rotatable bonds is 3. The summed E-state index contributed by atoms with van der Waals surface area (Å²) >= 11 is 0. The Morgan fingerprint density at radius 1 is 1.33 bits per heavy atom. The van der Waals surface area contributed by atoms with Gasteiger partial charge in [-0.15, -0.1) is 0 Å². The van der Waals surface area contributed by atoms with E-state index in [-0.39, 0.29) is 24.5 Å². The molecule has 1 fully saturated rings. The van der Waals surface area contributed by atoms with Gasteiger partial charge in [0.05, 0.1) is 12.0 Å². The van der Waals surface area contributed by atoms with Gasteiger partial charge in [-0.1, -0.05) is 32.9 Å². The minimum absolute atomic E-state index is 0.0102. The number of amides is 1. The average molecular weight is 333 g/mol. The second-order valence-electron chi connectivity index (χ2n) is 7.59. The van der Waals surface area contributed by atoms with E-state index in [4.69, 9.17) is 9.47 Å². The van der Waals surface area contributed by atoms with E-state index >= 15 is 0 Å². The SMILES string of the molecule is CC(C)(C)CN1C(=O)CC[C@@H](C(=O)O)[C@@H]1c1cccc2c1OCO2. The van der Waals surface area contributed by atoms with Crippen molar-refractivity contribution < 1.29 is 24.2 Å². The molecule has 6 heteroatoms. The number of likely N-dealkylation sites (tertiary alicyclic amines) is 1. The summed E-state index contributed by atoms with van der Waals surface area (Å²) in [6.07, 6.45) is 0.597. The third kappa shape index (κ3) is 3.05. The fraction of sp³-hybridized carbons (Fsp3) is 0.556. The lowest BCUT2D eigenvalue weighted by Crippen LogP contribution is -2.48. The van der Waals surface area contributed by atoms with Crippen LogP contribution >= 0.6 is 0 Å². The molecule has 1 N–H and O–H groups in total. The molecule has 130 valence electrons. The van der Waals surface area contributed by atoms with Gasteiger partial charge in [0.15, 0.2) is 11.5 Å². The van der Waals surface area contributed by atoms with E-state index in [1.807, 2.05) is 32.9 Å². The molecule has 0 aromatic heterocycles. The highest BCUT2D eigenvalue weighted by molar-refractivity contribution is 5.82. The van der Waals surface area contributed by atoms with E-state index in [2.05, 4.69) is 0 Å². The summed E-state index contributed by atoms with van der Waals surface area (Å²) in [7, 11) is 0. The van der Waals surface area contributed by atoms with Crippen LogP contribution in [0.25, 0.3) is 0 Å². The van der Waals surface area contributed by atoms with Crippen LogP contribution in [0.3, 0.4) is 0 Å². The summed E-state index contributed by atoms with van der Waals surface area (Å²) in [5, 5.41) is 9.71. The molecule has 1 aromatic rings. The predicted molar refractivity (Wildman–Crippen MR) is 86.8 cm³/mol. The second kappa shape index (κ2) is 6.00. The maximum atomic E-state index is 12.6. The molecular weight excluding hydrogens is 310 g/mol. The molecule has 0 saturated carbocycles. The van der Waals surface area contributed by atoms with Crippen molar-refractivity contribution in [1.82, 2.24) is 4.90 Å². The van der Waals surface area contributed by atoms with Gasteiger partial charge in [-0.3, -0.25) is 9.59 Å². The van der Waals surface area contributed by atoms with Crippen molar-refractivity contribution in [3.05, 3.63) is 23.8 Å². The van der Waals surface area contributed by atoms with Crippen molar-refractivity contribution in [2.24, 2.45) is 11.3 Å². The molecule has 3 rings (SSSR count). The van der Waals surface area contributed by atoms with E-state index in [1.165, 1.54) is 0 Å². The van der Waals surface area contributed by atoms with Crippen molar-refractivity contribution in [2.75, 3.05) is 13.3 Å². The Kier molecular flexibility index (Phi) is 4.15. The number of carboxylic acids is 1. The highest BCUT2D eigenvalue weighted by atomic mass is 16.7. The van der Waals surface area contributed by atoms with Crippen LogP contribution in [0.1, 0.15) is 45.2 Å². The van der Waals surface area contributed by atoms with Gasteiger partial charge in [0, 0.05) is 18.5 Å². The lowest BCUT2D eigenvalue weighted by molar-refractivity contribution is -0.153. The number of nitrogens with zero attached hydrogens (tertiary/aromatic N) is 1. The molecule has 0 aliphatic carbocycles. The molecule has 1 aromatic carbocycles. The Balaban J connectivity index is 2.08. The van der Waals surface area contributed by atoms with Crippen molar-refractivity contribution in [3.63, 3.8) is 0 Å². The zero-order valence-corrected chi connectivity index (χ0v) is 14.2. The Hall–Kier alpha value is -2.24. The summed E-state index contributed by atoms with van der Waals surface area (Å²) in [5.74, 6) is -0.389. The number of fused-ring (bicyclic) bond motifs is 1. The topological polar surface area (TPSA) is 76.1 Å². The average Bonchev–Trinajstić information content (AvgIpc) is 2.96. The number of benzene rings is 1. The first kappa shape index (κ1) is 16.6. The highest BCUT2D eigenvalue weighted by Crippen LogP contribution is 2.46. The fourth-order valence-electron chi connectivity index (χ4n) is 3.48. The van der Waals surface area contributed by atoms with Crippen LogP contribution in [0, 0.1) is 11.3 Å². The maximum absolute atomic E-state index is 12.6. The van der Waals surface area contributed by atoms with Crippen molar-refractivity contribution in [1.29, 1.82) is 0 Å². The van der Waals surface area contributed by atoms with Crippen LogP contribution in [-0.2, 0) is 9.59 Å². The zero-order chi connectivity index (χ0) is 17.5. The smallest absolute Gasteiger partial charge is 0.308 e. The molecule has 2 heterocycles. The minimum atomic E-state index is -0.886. The summed E-state index contributed by atoms with van der Waals surface area (Å²) < 4.78 is 11.0. The van der Waals surface area contributed by atoms with Gasteiger partial charge < -0.3 is 19.5 Å². The number of aliphatic carboxylic acids is 1. The van der Waals surface area contributed by atoms with E-state index in [9.17, 15) is 14.7 Å². The summed E-state index contributed by atoms with van der Waals surface area (Å²) in [5.41, 5.74) is 0.582. The van der Waals surface area contributed by atoms with Gasteiger partial charge >= 0.3 is 5.97 Å². The fourth-order valence-corrected chi connectivity index (χ4v) is 3.48. The number of carboxylic acid groups (broad SMARTS) is 1. The van der Waals surface area contributed by atoms with Crippen LogP contribution in [0.4, 0.5) is 0 Å². The Bertz CT molecular complexity index is 664. The van der Waals surface area contributed by atoms with Gasteiger partial charge in [0.1, 0.15) is 0 Å². The summed E-state index contributed by atoms with van der Waals surface area (Å²) in [4.78, 5) is 26.1. The third-order valence-corrected chi connectivity index (χ3v) is 4.41. The van der Waals surface area contributed by atoms with Gasteiger partial charge in [0.2, 0.25) is 12.7 Å². The Labute approximate surface area is 141 Å². The molecule has 2 aliphatic heterocycles. The van der Waals surface area contributed by atoms with E-state index in [0.29, 0.717) is 24.5 Å². The van der Waals surface area contributed by atoms with E-state index in [0.717, 1.165) is 5.56 Å². The second-order valence-corrected chi connectivity index (χ2v) is 7.59. The first-order valence-electron chi connectivity index (χ1n) is 8.19. The number of carbonyl (C=O) groups excluding carboxylic acids is 1. The first-order valence-corrected chi connectivity index (χ1v) is 8.19. The number of carbonyl (C=O) groups is 2. The molecule has 2 atom stereocenters. The van der Waals surface area contributed by atoms with E-state index in [1.54, 1.807) is 11.0 Å². The summed E-state index contributed by atoms with van der Waals surface area (Å²) in [6.45, 7) is 6.72. The molecule has 0 unspecified atom stereocenters. The maximum Gasteiger partial charge on any atom is 0.308 e. The monoisotopic (exact) mass is 333 g/mol. The normalized spacial score (nSPS) is 23.5. The largest absolute Gasteiger partial charge is 0.481 e. The molecule has 1 saturated heterocycles. The molecule has 0 spiro atoms. The standard InChI is InChI=1S/C18H23NO5/c1-18(2,3)9-19-14(20)8-7-12(17(21)22)15(19)11-5-4-6-13-16(11)24-10-23-13/h4-6,12,15H,7-10H2,1-3H3,(H,21,22)/t12-,15+/m1/s1. The lowest BCUT2D eigenvalue weighted by atomic mass is 9.82. The van der Waals surface area contributed by atoms with Crippen molar-refractivity contribution >= 4 is 11.9 Å². The predicted octanol–water partition coefficient (Wildman–Crippen LogP) is 2.83. The molecule has 0 radical (unpaired) electrons. The van der Waals surface area contributed by atoms with Crippen LogP contribution in [-0.4, -0.2) is 35.2 Å². The van der Waals surface area contributed by atoms with Gasteiger partial charge in [-0.2, -0.15) is 0 Å². The third-order valence-electron chi connectivity index (χ3n) is 4.41. The number of hydrogen-bond acceptors (Lipinski definition) is 4.